The summed E-state index contributed by atoms with van der Waals surface area (Å²) in [6.45, 7) is 4.00. The first-order valence-corrected chi connectivity index (χ1v) is 8.24. The van der Waals surface area contributed by atoms with E-state index in [2.05, 4.69) is 15.4 Å². The highest BCUT2D eigenvalue weighted by Crippen LogP contribution is 2.30. The summed E-state index contributed by atoms with van der Waals surface area (Å²) in [6.07, 6.45) is 1.78. The number of amides is 1. The van der Waals surface area contributed by atoms with Crippen molar-refractivity contribution in [2.24, 2.45) is 5.92 Å². The zero-order valence-corrected chi connectivity index (χ0v) is 14.0. The lowest BCUT2D eigenvalue weighted by molar-refractivity contribution is -0.117. The molecule has 0 bridgehead atoms. The van der Waals surface area contributed by atoms with E-state index in [9.17, 15) is 13.6 Å². The van der Waals surface area contributed by atoms with Crippen molar-refractivity contribution in [2.45, 2.75) is 26.7 Å². The molecule has 1 fully saturated rings. The van der Waals surface area contributed by atoms with E-state index < -0.39 is 11.6 Å². The van der Waals surface area contributed by atoms with Crippen LogP contribution in [0, 0.1) is 17.6 Å². The number of hydrogen-bond acceptors (Lipinski definition) is 3. The third-order valence-corrected chi connectivity index (χ3v) is 3.76. The van der Waals surface area contributed by atoms with Gasteiger partial charge in [0.15, 0.2) is 17.3 Å². The number of carbonyl (C=O) groups is 1. The number of hydrogen-bond donors (Lipinski definition) is 1. The summed E-state index contributed by atoms with van der Waals surface area (Å²) in [5.74, 6) is -1.67. The molecule has 5 nitrogen and oxygen atoms in total. The molecule has 0 atom stereocenters. The quantitative estimate of drug-likeness (QED) is 0.769. The summed E-state index contributed by atoms with van der Waals surface area (Å²) >= 11 is 0. The van der Waals surface area contributed by atoms with Gasteiger partial charge in [0.2, 0.25) is 11.9 Å². The highest BCUT2D eigenvalue weighted by Gasteiger charge is 2.30. The van der Waals surface area contributed by atoms with Crippen LogP contribution in [0.1, 0.15) is 28.1 Å². The highest BCUT2D eigenvalue weighted by atomic mass is 19.2. The van der Waals surface area contributed by atoms with Gasteiger partial charge in [-0.25, -0.2) is 13.3 Å². The molecule has 2 aromatic heterocycles. The largest absolute Gasteiger partial charge is 0.293 e. The van der Waals surface area contributed by atoms with E-state index in [4.69, 9.17) is 0 Å². The molecule has 0 unspecified atom stereocenters. The normalized spacial score (nSPS) is 13.3. The van der Waals surface area contributed by atoms with E-state index in [1.54, 1.807) is 18.2 Å². The number of halogens is 2. The Morgan fingerprint density at radius 2 is 1.96 bits per heavy atom. The lowest BCUT2D eigenvalue weighted by atomic mass is 10.1. The van der Waals surface area contributed by atoms with Crippen molar-refractivity contribution < 1.29 is 15.0 Å². The highest BCUT2D eigenvalue weighted by molar-refractivity contribution is 5.92. The Bertz CT molecular complexity index is 925. The number of pyridine rings is 1. The first kappa shape index (κ1) is 17.0. The SMILES string of the molecule is CC.O=C(Nc1nc2cccc(-c3ccc(F)c(F)c3)n2n1)C1CC1.[HH]. The van der Waals surface area contributed by atoms with Crippen molar-refractivity contribution in [1.29, 1.82) is 0 Å². The maximum Gasteiger partial charge on any atom is 0.249 e. The monoisotopic (exact) mass is 346 g/mol. The predicted molar refractivity (Wildman–Crippen MR) is 93.2 cm³/mol. The number of aromatic nitrogens is 3. The van der Waals surface area contributed by atoms with Crippen molar-refractivity contribution >= 4 is 17.5 Å². The molecule has 0 spiro atoms. The Labute approximate surface area is 145 Å². The van der Waals surface area contributed by atoms with Gasteiger partial charge in [0.1, 0.15) is 0 Å². The molecule has 4 rings (SSSR count). The van der Waals surface area contributed by atoms with Gasteiger partial charge in [-0.05, 0) is 43.2 Å². The van der Waals surface area contributed by atoms with Gasteiger partial charge in [-0.1, -0.05) is 19.9 Å². The Morgan fingerprint density at radius 1 is 1.20 bits per heavy atom. The Hall–Kier alpha value is -2.83. The number of fused-ring (bicyclic) bond motifs is 1. The van der Waals surface area contributed by atoms with Crippen LogP contribution >= 0.6 is 0 Å². The van der Waals surface area contributed by atoms with Gasteiger partial charge in [0, 0.05) is 12.9 Å². The van der Waals surface area contributed by atoms with Crippen LogP contribution in [0.15, 0.2) is 36.4 Å². The minimum Gasteiger partial charge on any atom is -0.293 e. The second-order valence-electron chi connectivity index (χ2n) is 5.51. The summed E-state index contributed by atoms with van der Waals surface area (Å²) < 4.78 is 28.1. The van der Waals surface area contributed by atoms with Crippen LogP contribution < -0.4 is 5.32 Å². The van der Waals surface area contributed by atoms with E-state index in [-0.39, 0.29) is 19.2 Å². The molecule has 0 saturated heterocycles. The number of rotatable bonds is 3. The minimum atomic E-state index is -0.929. The van der Waals surface area contributed by atoms with E-state index >= 15 is 0 Å². The average molecular weight is 346 g/mol. The molecular formula is C18H20F2N4O. The van der Waals surface area contributed by atoms with Crippen LogP contribution in [0.2, 0.25) is 0 Å². The molecule has 2 heterocycles. The van der Waals surface area contributed by atoms with E-state index in [0.717, 1.165) is 25.0 Å². The summed E-state index contributed by atoms with van der Waals surface area (Å²) in [4.78, 5) is 16.0. The van der Waals surface area contributed by atoms with Crippen molar-refractivity contribution in [2.75, 3.05) is 5.32 Å². The van der Waals surface area contributed by atoms with Gasteiger partial charge in [-0.3, -0.25) is 10.1 Å². The molecule has 1 aromatic carbocycles. The standard InChI is InChI=1S/C16H12F2N4O.C2H6.H2/c17-11-7-6-10(8-12(11)18)13-2-1-3-14-19-16(21-22(13)14)20-15(23)9-4-5-9;1-2;/h1-3,6-9H,4-5H2,(H,20,21,23);1-2H3;1H. The molecule has 0 aliphatic heterocycles. The smallest absolute Gasteiger partial charge is 0.249 e. The number of nitrogens with zero attached hydrogens (tertiary/aromatic N) is 3. The Kier molecular flexibility index (Phi) is 4.74. The first-order valence-electron chi connectivity index (χ1n) is 8.24. The van der Waals surface area contributed by atoms with Crippen molar-refractivity contribution in [3.8, 4) is 11.3 Å². The molecule has 1 N–H and O–H groups in total. The zero-order chi connectivity index (χ0) is 18.0. The van der Waals surface area contributed by atoms with Crippen LogP contribution in [-0.2, 0) is 4.79 Å². The van der Waals surface area contributed by atoms with Crippen LogP contribution in [-0.4, -0.2) is 20.5 Å². The molecular weight excluding hydrogens is 326 g/mol. The maximum atomic E-state index is 13.5. The van der Waals surface area contributed by atoms with Crippen molar-refractivity contribution in [1.82, 2.24) is 14.6 Å². The fourth-order valence-electron chi connectivity index (χ4n) is 2.39. The van der Waals surface area contributed by atoms with Gasteiger partial charge in [0.05, 0.1) is 5.69 Å². The Balaban J connectivity index is 0.000000784. The van der Waals surface area contributed by atoms with E-state index in [1.807, 2.05) is 13.8 Å². The molecule has 1 amide bonds. The second kappa shape index (κ2) is 6.96. The van der Waals surface area contributed by atoms with Gasteiger partial charge in [-0.15, -0.1) is 5.10 Å². The molecule has 25 heavy (non-hydrogen) atoms. The number of nitrogens with one attached hydrogen (secondary N) is 1. The van der Waals surface area contributed by atoms with E-state index in [0.29, 0.717) is 16.9 Å². The lowest BCUT2D eigenvalue weighted by Gasteiger charge is -2.04. The Morgan fingerprint density at radius 3 is 2.64 bits per heavy atom. The molecule has 1 aliphatic carbocycles. The topological polar surface area (TPSA) is 59.3 Å². The first-order chi connectivity index (χ1) is 12.1. The maximum absolute atomic E-state index is 13.5. The van der Waals surface area contributed by atoms with Crippen LogP contribution in [0.3, 0.4) is 0 Å². The van der Waals surface area contributed by atoms with Crippen molar-refractivity contribution in [3.05, 3.63) is 48.0 Å². The van der Waals surface area contributed by atoms with Crippen molar-refractivity contribution in [3.63, 3.8) is 0 Å². The van der Waals surface area contributed by atoms with Gasteiger partial charge < -0.3 is 0 Å². The summed E-state index contributed by atoms with van der Waals surface area (Å²) in [5.41, 5.74) is 1.54. The number of benzene rings is 1. The third kappa shape index (κ3) is 3.50. The average Bonchev–Trinajstić information content (AvgIpc) is 3.39. The summed E-state index contributed by atoms with van der Waals surface area (Å²) in [5, 5.41) is 6.93. The summed E-state index contributed by atoms with van der Waals surface area (Å²) in [6, 6.07) is 8.83. The molecule has 7 heteroatoms. The van der Waals surface area contributed by atoms with Gasteiger partial charge >= 0.3 is 0 Å². The fourth-order valence-corrected chi connectivity index (χ4v) is 2.39. The van der Waals surface area contributed by atoms with E-state index in [1.165, 1.54) is 10.6 Å². The van der Waals surface area contributed by atoms with Crippen LogP contribution in [0.4, 0.5) is 14.7 Å². The number of anilines is 1. The fraction of sp³-hybridized carbons (Fsp3) is 0.278. The van der Waals surface area contributed by atoms with Gasteiger partial charge in [-0.2, -0.15) is 4.98 Å². The molecule has 1 saturated carbocycles. The number of carbonyl (C=O) groups excluding carboxylic acids is 1. The predicted octanol–water partition coefficient (Wildman–Crippen LogP) is 4.30. The van der Waals surface area contributed by atoms with Crippen LogP contribution in [0.5, 0.6) is 0 Å². The molecule has 1 aliphatic rings. The molecule has 132 valence electrons. The second-order valence-corrected chi connectivity index (χ2v) is 5.51. The van der Waals surface area contributed by atoms with Crippen LogP contribution in [0.25, 0.3) is 16.9 Å². The molecule has 3 aromatic rings. The minimum absolute atomic E-state index is 0. The summed E-state index contributed by atoms with van der Waals surface area (Å²) in [7, 11) is 0. The third-order valence-electron chi connectivity index (χ3n) is 3.76. The van der Waals surface area contributed by atoms with Gasteiger partial charge in [0.25, 0.3) is 0 Å². The zero-order valence-electron chi connectivity index (χ0n) is 14.0. The molecule has 0 radical (unpaired) electrons. The lowest BCUT2D eigenvalue weighted by Crippen LogP contribution is -2.14.